The molecule has 0 amide bonds. The highest BCUT2D eigenvalue weighted by atomic mass is 32.2. The first-order valence-corrected chi connectivity index (χ1v) is 15.8. The molecule has 1 saturated carbocycles. The van der Waals surface area contributed by atoms with Crippen LogP contribution in [0.1, 0.15) is 33.1 Å². The van der Waals surface area contributed by atoms with Gasteiger partial charge in [0.25, 0.3) is 0 Å². The quantitative estimate of drug-likeness (QED) is 0.438. The molecule has 0 bridgehead atoms. The molecule has 1 N–H and O–H groups in total. The second kappa shape index (κ2) is 10.8. The van der Waals surface area contributed by atoms with E-state index in [9.17, 15) is 13.2 Å². The molecular weight excluding hydrogens is 502 g/mol. The third-order valence-corrected chi connectivity index (χ3v) is 11.1. The summed E-state index contributed by atoms with van der Waals surface area (Å²) in [6, 6.07) is 17.6. The summed E-state index contributed by atoms with van der Waals surface area (Å²) in [4.78, 5) is 18.2. The summed E-state index contributed by atoms with van der Waals surface area (Å²) in [7, 11) is -1.29. The highest BCUT2D eigenvalue weighted by molar-refractivity contribution is 7.91. The highest BCUT2D eigenvalue weighted by Crippen LogP contribution is 2.36. The van der Waals surface area contributed by atoms with Gasteiger partial charge in [-0.3, -0.25) is 9.69 Å². The molecule has 5 rings (SSSR count). The van der Waals surface area contributed by atoms with Crippen LogP contribution in [-0.4, -0.2) is 74.1 Å². The third-order valence-electron chi connectivity index (χ3n) is 8.29. The Morgan fingerprint density at radius 3 is 2.57 bits per heavy atom. The van der Waals surface area contributed by atoms with Gasteiger partial charge in [0.15, 0.2) is 15.6 Å². The van der Waals surface area contributed by atoms with Crippen LogP contribution in [0.5, 0.6) is 0 Å². The van der Waals surface area contributed by atoms with Gasteiger partial charge in [0, 0.05) is 40.1 Å². The minimum absolute atomic E-state index is 0.0290. The number of carbonyl (C=O) groups excluding carboxylic acids is 1. The van der Waals surface area contributed by atoms with E-state index in [4.69, 9.17) is 0 Å². The molecule has 2 aliphatic rings. The summed E-state index contributed by atoms with van der Waals surface area (Å²) in [5, 5.41) is 6.73. The number of likely N-dealkylation sites (tertiary alicyclic amines) is 1. The molecule has 3 aromatic rings. The average Bonchev–Trinajstić information content (AvgIpc) is 3.47. The van der Waals surface area contributed by atoms with Crippen molar-refractivity contribution in [3.8, 4) is 0 Å². The summed E-state index contributed by atoms with van der Waals surface area (Å²) >= 11 is 1.68. The Bertz CT molecular complexity index is 1340. The van der Waals surface area contributed by atoms with Crippen molar-refractivity contribution in [2.75, 3.05) is 31.2 Å². The lowest BCUT2D eigenvalue weighted by Gasteiger charge is -2.44. The van der Waals surface area contributed by atoms with Crippen LogP contribution in [0.3, 0.4) is 0 Å². The summed E-state index contributed by atoms with van der Waals surface area (Å²) in [6.07, 6.45) is 2.74. The number of nitrogens with one attached hydrogen (secondary N) is 1. The minimum atomic E-state index is -3.43. The molecule has 2 heterocycles. The van der Waals surface area contributed by atoms with E-state index in [-0.39, 0.29) is 29.5 Å². The van der Waals surface area contributed by atoms with Crippen LogP contribution < -0.4 is 5.32 Å². The first-order chi connectivity index (χ1) is 17.7. The summed E-state index contributed by atoms with van der Waals surface area (Å²) in [6.45, 7) is 5.36. The third kappa shape index (κ3) is 5.62. The lowest BCUT2D eigenvalue weighted by atomic mass is 9.81. The molecule has 3 unspecified atom stereocenters. The molecule has 198 valence electrons. The fraction of sp³-hybridized carbons (Fsp3) is 0.483. The Morgan fingerprint density at radius 2 is 1.81 bits per heavy atom. The second-order valence-electron chi connectivity index (χ2n) is 10.9. The molecule has 0 spiro atoms. The smallest absolute Gasteiger partial charge is 0.178 e. The summed E-state index contributed by atoms with van der Waals surface area (Å²) in [5.41, 5.74) is 1.01. The standard InChI is InChI=1S/C29H37N3O3S2/c1-20(2)31(3)22-13-14-27(21(15-22)19-37(34,35)23-9-5-4-6-10-23)32-16-25(28(33)17-32)30-26-18-36-29-12-8-7-11-24(26)29/h4-12,18,20-22,25,27,30H,13-17,19H2,1-3H3/t21-,22?,25?,27?/m0/s1. The molecule has 2 aromatic carbocycles. The average molecular weight is 540 g/mol. The predicted octanol–water partition coefficient (Wildman–Crippen LogP) is 4.92. The van der Waals surface area contributed by atoms with E-state index in [0.29, 0.717) is 30.1 Å². The van der Waals surface area contributed by atoms with Gasteiger partial charge in [-0.15, -0.1) is 11.3 Å². The molecule has 1 saturated heterocycles. The Balaban J connectivity index is 1.35. The number of benzene rings is 2. The minimum Gasteiger partial charge on any atom is -0.373 e. The number of hydrogen-bond donors (Lipinski definition) is 1. The summed E-state index contributed by atoms with van der Waals surface area (Å²) in [5.74, 6) is 0.266. The number of rotatable bonds is 8. The fourth-order valence-electron chi connectivity index (χ4n) is 6.05. The van der Waals surface area contributed by atoms with Crippen LogP contribution in [0.25, 0.3) is 10.1 Å². The number of nitrogens with zero attached hydrogens (tertiary/aromatic N) is 2. The van der Waals surface area contributed by atoms with Gasteiger partial charge >= 0.3 is 0 Å². The molecule has 0 radical (unpaired) electrons. The van der Waals surface area contributed by atoms with Crippen LogP contribution in [-0.2, 0) is 14.6 Å². The maximum Gasteiger partial charge on any atom is 0.178 e. The van der Waals surface area contributed by atoms with E-state index in [2.05, 4.69) is 53.5 Å². The van der Waals surface area contributed by atoms with Gasteiger partial charge in [0.1, 0.15) is 0 Å². The maximum absolute atomic E-state index is 13.4. The van der Waals surface area contributed by atoms with Crippen molar-refractivity contribution in [2.24, 2.45) is 5.92 Å². The van der Waals surface area contributed by atoms with E-state index >= 15 is 0 Å². The molecule has 2 fully saturated rings. The van der Waals surface area contributed by atoms with Crippen LogP contribution in [0.2, 0.25) is 0 Å². The van der Waals surface area contributed by atoms with Gasteiger partial charge in [-0.2, -0.15) is 0 Å². The normalized spacial score (nSPS) is 25.4. The number of anilines is 1. The number of hydrogen-bond acceptors (Lipinski definition) is 7. The number of carbonyl (C=O) groups is 1. The van der Waals surface area contributed by atoms with Gasteiger partial charge in [-0.05, 0) is 64.3 Å². The van der Waals surface area contributed by atoms with Crippen molar-refractivity contribution in [3.63, 3.8) is 0 Å². The zero-order chi connectivity index (χ0) is 26.2. The molecule has 37 heavy (non-hydrogen) atoms. The summed E-state index contributed by atoms with van der Waals surface area (Å²) < 4.78 is 28.1. The van der Waals surface area contributed by atoms with Crippen LogP contribution in [0, 0.1) is 5.92 Å². The monoisotopic (exact) mass is 539 g/mol. The number of sulfone groups is 1. The predicted molar refractivity (Wildman–Crippen MR) is 152 cm³/mol. The van der Waals surface area contributed by atoms with E-state index in [0.717, 1.165) is 30.3 Å². The number of Topliss-reactive ketones (excluding diaryl/α,β-unsaturated/α-hetero) is 1. The zero-order valence-corrected chi connectivity index (χ0v) is 23.5. The molecule has 1 aromatic heterocycles. The van der Waals surface area contributed by atoms with Gasteiger partial charge in [0.2, 0.25) is 0 Å². The number of fused-ring (bicyclic) bond motifs is 1. The van der Waals surface area contributed by atoms with Crippen molar-refractivity contribution in [1.82, 2.24) is 9.80 Å². The van der Waals surface area contributed by atoms with Crippen LogP contribution in [0.15, 0.2) is 64.9 Å². The lowest BCUT2D eigenvalue weighted by Crippen LogP contribution is -2.51. The van der Waals surface area contributed by atoms with Gasteiger partial charge in [-0.1, -0.05) is 36.4 Å². The van der Waals surface area contributed by atoms with Gasteiger partial charge in [-0.25, -0.2) is 8.42 Å². The van der Waals surface area contributed by atoms with Crippen molar-refractivity contribution in [1.29, 1.82) is 0 Å². The maximum atomic E-state index is 13.4. The lowest BCUT2D eigenvalue weighted by molar-refractivity contribution is -0.117. The SMILES string of the molecule is CC(C)N(C)C1CCC(N2CC(=O)C(Nc3csc4ccccc34)C2)[C@H](CS(=O)(=O)c2ccccc2)C1. The van der Waals surface area contributed by atoms with E-state index in [1.807, 2.05) is 18.2 Å². The van der Waals surface area contributed by atoms with Crippen molar-refractivity contribution in [3.05, 3.63) is 60.0 Å². The number of ketones is 1. The van der Waals surface area contributed by atoms with Crippen LogP contribution >= 0.6 is 11.3 Å². The Labute approximate surface area is 224 Å². The van der Waals surface area contributed by atoms with Gasteiger partial charge in [0.05, 0.1) is 28.9 Å². The fourth-order valence-corrected chi connectivity index (χ4v) is 8.64. The van der Waals surface area contributed by atoms with Crippen molar-refractivity contribution < 1.29 is 13.2 Å². The molecule has 6 nitrogen and oxygen atoms in total. The highest BCUT2D eigenvalue weighted by Gasteiger charge is 2.43. The Kier molecular flexibility index (Phi) is 7.73. The van der Waals surface area contributed by atoms with Gasteiger partial charge < -0.3 is 10.2 Å². The molecule has 1 aliphatic heterocycles. The van der Waals surface area contributed by atoms with E-state index < -0.39 is 9.84 Å². The van der Waals surface area contributed by atoms with Crippen LogP contribution in [0.4, 0.5) is 5.69 Å². The van der Waals surface area contributed by atoms with Crippen molar-refractivity contribution >= 4 is 42.7 Å². The Hall–Kier alpha value is -2.26. The molecule has 1 aliphatic carbocycles. The topological polar surface area (TPSA) is 69.7 Å². The largest absolute Gasteiger partial charge is 0.373 e. The van der Waals surface area contributed by atoms with E-state index in [1.54, 1.807) is 35.6 Å². The first kappa shape index (κ1) is 26.4. The molecule has 4 atom stereocenters. The molecule has 8 heteroatoms. The molecular formula is C29H37N3O3S2. The van der Waals surface area contributed by atoms with Crippen molar-refractivity contribution in [2.45, 2.75) is 62.2 Å². The zero-order valence-electron chi connectivity index (χ0n) is 21.8. The van der Waals surface area contributed by atoms with E-state index in [1.165, 1.54) is 4.70 Å². The second-order valence-corrected chi connectivity index (χ2v) is 13.8. The first-order valence-electron chi connectivity index (χ1n) is 13.2. The number of thiophene rings is 1. The Morgan fingerprint density at radius 1 is 1.08 bits per heavy atom.